The number of fused-ring (bicyclic) bond motifs is 1. The molecule has 208 valence electrons. The Labute approximate surface area is 235 Å². The SMILES string of the molecule is CSc1cn(-c2ncc(-c3ccc(F)cc3F)cn2)c2cc(C(=O)N3CCN(C(=O)OC(C)(C)C)CC3)ccc12. The molecule has 1 aliphatic heterocycles. The molecule has 8 nitrogen and oxygen atoms in total. The number of rotatable bonds is 4. The number of ether oxygens (including phenoxy) is 1. The second-order valence-corrected chi connectivity index (χ2v) is 11.3. The molecule has 0 atom stereocenters. The van der Waals surface area contributed by atoms with Gasteiger partial charge in [-0.15, -0.1) is 11.8 Å². The molecular weight excluding hydrogens is 536 g/mol. The number of piperazine rings is 1. The van der Waals surface area contributed by atoms with Crippen LogP contribution in [0.25, 0.3) is 28.0 Å². The van der Waals surface area contributed by atoms with Crippen molar-refractivity contribution < 1.29 is 23.1 Å². The molecule has 0 bridgehead atoms. The van der Waals surface area contributed by atoms with E-state index in [9.17, 15) is 18.4 Å². The average Bonchev–Trinajstić information content (AvgIpc) is 3.30. The maximum absolute atomic E-state index is 14.3. The fraction of sp³-hybridized carbons (Fsp3) is 0.310. The minimum atomic E-state index is -0.692. The summed E-state index contributed by atoms with van der Waals surface area (Å²) >= 11 is 1.56. The number of thioether (sulfide) groups is 1. The number of halogens is 2. The van der Waals surface area contributed by atoms with Crippen LogP contribution in [-0.4, -0.2) is 74.4 Å². The first-order valence-corrected chi connectivity index (χ1v) is 14.0. The van der Waals surface area contributed by atoms with Crippen LogP contribution >= 0.6 is 11.8 Å². The normalized spacial score (nSPS) is 14.1. The Kier molecular flexibility index (Phi) is 7.50. The Morgan fingerprint density at radius 2 is 1.62 bits per heavy atom. The molecule has 1 saturated heterocycles. The molecule has 0 spiro atoms. The molecule has 0 aliphatic carbocycles. The second kappa shape index (κ2) is 10.9. The number of aromatic nitrogens is 3. The van der Waals surface area contributed by atoms with Gasteiger partial charge in [0, 0.05) is 77.8 Å². The number of hydrogen-bond acceptors (Lipinski definition) is 6. The number of carbonyl (C=O) groups is 2. The molecule has 0 saturated carbocycles. The third kappa shape index (κ3) is 5.65. The van der Waals surface area contributed by atoms with Crippen molar-refractivity contribution in [1.29, 1.82) is 0 Å². The summed E-state index contributed by atoms with van der Waals surface area (Å²) in [6.07, 6.45) is 6.46. The topological polar surface area (TPSA) is 80.6 Å². The van der Waals surface area contributed by atoms with Crippen LogP contribution in [0.4, 0.5) is 13.6 Å². The zero-order valence-corrected chi connectivity index (χ0v) is 23.5. The molecular formula is C29H29F2N5O3S. The van der Waals surface area contributed by atoms with E-state index in [1.54, 1.807) is 32.2 Å². The van der Waals surface area contributed by atoms with E-state index in [4.69, 9.17) is 4.74 Å². The molecule has 1 fully saturated rings. The first-order valence-electron chi connectivity index (χ1n) is 12.8. The van der Waals surface area contributed by atoms with E-state index < -0.39 is 17.2 Å². The average molecular weight is 566 g/mol. The van der Waals surface area contributed by atoms with E-state index in [0.717, 1.165) is 21.9 Å². The molecule has 0 radical (unpaired) electrons. The van der Waals surface area contributed by atoms with Crippen LogP contribution in [-0.2, 0) is 4.74 Å². The molecule has 2 amide bonds. The van der Waals surface area contributed by atoms with Crippen molar-refractivity contribution in [3.05, 3.63) is 72.2 Å². The van der Waals surface area contributed by atoms with Crippen molar-refractivity contribution in [2.75, 3.05) is 32.4 Å². The maximum Gasteiger partial charge on any atom is 0.410 e. The number of nitrogens with zero attached hydrogens (tertiary/aromatic N) is 5. The molecule has 3 heterocycles. The van der Waals surface area contributed by atoms with Gasteiger partial charge in [0.25, 0.3) is 5.91 Å². The quantitative estimate of drug-likeness (QED) is 0.292. The summed E-state index contributed by atoms with van der Waals surface area (Å²) in [7, 11) is 0. The Hall–Kier alpha value is -3.99. The van der Waals surface area contributed by atoms with Crippen molar-refractivity contribution in [2.45, 2.75) is 31.3 Å². The summed E-state index contributed by atoms with van der Waals surface area (Å²) < 4.78 is 34.8. The van der Waals surface area contributed by atoms with Gasteiger partial charge in [-0.1, -0.05) is 6.07 Å². The fourth-order valence-corrected chi connectivity index (χ4v) is 5.17. The minimum absolute atomic E-state index is 0.132. The molecule has 1 aliphatic rings. The Morgan fingerprint density at radius 1 is 0.950 bits per heavy atom. The van der Waals surface area contributed by atoms with Gasteiger partial charge < -0.3 is 14.5 Å². The highest BCUT2D eigenvalue weighted by Gasteiger charge is 2.28. The molecule has 2 aromatic heterocycles. The van der Waals surface area contributed by atoms with E-state index in [-0.39, 0.29) is 17.6 Å². The van der Waals surface area contributed by atoms with Crippen molar-refractivity contribution >= 4 is 34.7 Å². The number of carbonyl (C=O) groups excluding carboxylic acids is 2. The fourth-order valence-electron chi connectivity index (χ4n) is 4.57. The predicted octanol–water partition coefficient (Wildman–Crippen LogP) is 5.78. The van der Waals surface area contributed by atoms with Gasteiger partial charge in [0.1, 0.15) is 17.2 Å². The lowest BCUT2D eigenvalue weighted by Crippen LogP contribution is -2.51. The highest BCUT2D eigenvalue weighted by Crippen LogP contribution is 2.32. The van der Waals surface area contributed by atoms with E-state index in [0.29, 0.717) is 43.3 Å². The Balaban J connectivity index is 1.38. The van der Waals surface area contributed by atoms with Crippen molar-refractivity contribution in [3.63, 3.8) is 0 Å². The van der Waals surface area contributed by atoms with Crippen molar-refractivity contribution in [2.24, 2.45) is 0 Å². The van der Waals surface area contributed by atoms with Crippen LogP contribution in [0.3, 0.4) is 0 Å². The van der Waals surface area contributed by atoms with Crippen LogP contribution in [0.2, 0.25) is 0 Å². The van der Waals surface area contributed by atoms with Gasteiger partial charge in [-0.2, -0.15) is 0 Å². The van der Waals surface area contributed by atoms with Crippen LogP contribution in [0.1, 0.15) is 31.1 Å². The van der Waals surface area contributed by atoms with Crippen molar-refractivity contribution in [3.8, 4) is 17.1 Å². The van der Waals surface area contributed by atoms with E-state index in [1.165, 1.54) is 24.5 Å². The summed E-state index contributed by atoms with van der Waals surface area (Å²) in [5.74, 6) is -1.13. The van der Waals surface area contributed by atoms with Crippen LogP contribution in [0.5, 0.6) is 0 Å². The van der Waals surface area contributed by atoms with Gasteiger partial charge in [0.15, 0.2) is 0 Å². The second-order valence-electron chi connectivity index (χ2n) is 10.5. The highest BCUT2D eigenvalue weighted by atomic mass is 32.2. The van der Waals surface area contributed by atoms with Gasteiger partial charge in [0.2, 0.25) is 5.95 Å². The van der Waals surface area contributed by atoms with E-state index >= 15 is 0 Å². The summed E-state index contributed by atoms with van der Waals surface area (Å²) in [6, 6.07) is 8.88. The molecule has 11 heteroatoms. The smallest absolute Gasteiger partial charge is 0.410 e. The monoisotopic (exact) mass is 565 g/mol. The first kappa shape index (κ1) is 27.6. The maximum atomic E-state index is 14.3. The summed E-state index contributed by atoms with van der Waals surface area (Å²) in [5.41, 5.74) is 1.31. The molecule has 5 rings (SSSR count). The molecule has 40 heavy (non-hydrogen) atoms. The summed E-state index contributed by atoms with van der Waals surface area (Å²) in [6.45, 7) is 7.06. The molecule has 0 unspecified atom stereocenters. The number of amides is 2. The summed E-state index contributed by atoms with van der Waals surface area (Å²) in [4.78, 5) is 39.0. The van der Waals surface area contributed by atoms with Crippen LogP contribution in [0, 0.1) is 11.6 Å². The first-order chi connectivity index (χ1) is 19.0. The van der Waals surface area contributed by atoms with E-state index in [2.05, 4.69) is 9.97 Å². The largest absolute Gasteiger partial charge is 0.444 e. The summed E-state index contributed by atoms with van der Waals surface area (Å²) in [5, 5.41) is 0.941. The Bertz CT molecular complexity index is 1580. The van der Waals surface area contributed by atoms with Gasteiger partial charge in [-0.25, -0.2) is 23.5 Å². The lowest BCUT2D eigenvalue weighted by Gasteiger charge is -2.35. The number of hydrogen-bond donors (Lipinski definition) is 0. The standard InChI is InChI=1S/C29H29F2N5O3S/c1-29(2,3)39-28(38)35-11-9-34(10-12-35)26(37)18-5-7-22-24(13-18)36(17-25(22)40-4)27-32-15-19(16-33-27)21-8-6-20(30)14-23(21)31/h5-8,13-17H,9-12H2,1-4H3. The minimum Gasteiger partial charge on any atom is -0.444 e. The van der Waals surface area contributed by atoms with Crippen LogP contribution < -0.4 is 0 Å². The van der Waals surface area contributed by atoms with Gasteiger partial charge >= 0.3 is 6.09 Å². The van der Waals surface area contributed by atoms with Crippen molar-refractivity contribution in [1.82, 2.24) is 24.3 Å². The predicted molar refractivity (Wildman–Crippen MR) is 150 cm³/mol. The lowest BCUT2D eigenvalue weighted by molar-refractivity contribution is 0.0141. The van der Waals surface area contributed by atoms with E-state index in [1.807, 2.05) is 45.4 Å². The molecule has 4 aromatic rings. The lowest BCUT2D eigenvalue weighted by atomic mass is 10.1. The zero-order valence-electron chi connectivity index (χ0n) is 22.6. The third-order valence-electron chi connectivity index (χ3n) is 6.55. The molecule has 2 aromatic carbocycles. The van der Waals surface area contributed by atoms with Crippen LogP contribution in [0.15, 0.2) is 59.9 Å². The zero-order chi connectivity index (χ0) is 28.6. The Morgan fingerprint density at radius 3 is 2.25 bits per heavy atom. The number of benzene rings is 2. The van der Waals surface area contributed by atoms with Gasteiger partial charge in [-0.05, 0) is 51.3 Å². The van der Waals surface area contributed by atoms with Gasteiger partial charge in [0.05, 0.1) is 5.52 Å². The van der Waals surface area contributed by atoms with Gasteiger partial charge in [-0.3, -0.25) is 9.36 Å². The third-order valence-corrected chi connectivity index (χ3v) is 7.32. The highest BCUT2D eigenvalue weighted by molar-refractivity contribution is 7.98. The molecule has 0 N–H and O–H groups in total.